The van der Waals surface area contributed by atoms with Crippen molar-refractivity contribution in [3.05, 3.63) is 12.4 Å². The Morgan fingerprint density at radius 1 is 1.53 bits per heavy atom. The van der Waals surface area contributed by atoms with Crippen LogP contribution in [0.2, 0.25) is 0 Å². The van der Waals surface area contributed by atoms with E-state index in [0.29, 0.717) is 5.69 Å². The maximum atomic E-state index is 11.9. The van der Waals surface area contributed by atoms with Gasteiger partial charge in [0.1, 0.15) is 6.54 Å². The molecule has 0 saturated carbocycles. The highest BCUT2D eigenvalue weighted by atomic mass is 16.4. The highest BCUT2D eigenvalue weighted by molar-refractivity contribution is 5.89. The number of carboxylic acid groups (broad SMARTS) is 1. The number of hydrogen-bond donors (Lipinski definition) is 3. The van der Waals surface area contributed by atoms with Crippen LogP contribution in [-0.2, 0) is 11.3 Å². The fourth-order valence-electron chi connectivity index (χ4n) is 1.24. The van der Waals surface area contributed by atoms with Gasteiger partial charge in [-0.05, 0) is 13.8 Å². The monoisotopic (exact) mass is 270 g/mol. The van der Waals surface area contributed by atoms with Crippen LogP contribution in [0.25, 0.3) is 0 Å². The summed E-state index contributed by atoms with van der Waals surface area (Å²) in [5.74, 6) is -1.01. The van der Waals surface area contributed by atoms with Crippen LogP contribution in [0.5, 0.6) is 0 Å². The predicted octanol–water partition coefficient (Wildman–Crippen LogP) is 0.202. The van der Waals surface area contributed by atoms with E-state index in [-0.39, 0.29) is 13.2 Å². The van der Waals surface area contributed by atoms with Gasteiger partial charge >= 0.3 is 12.0 Å². The third-order valence-electron chi connectivity index (χ3n) is 2.78. The number of nitrogens with zero attached hydrogens (tertiary/aromatic N) is 3. The van der Waals surface area contributed by atoms with Gasteiger partial charge in [0.05, 0.1) is 24.0 Å². The first-order chi connectivity index (χ1) is 8.76. The van der Waals surface area contributed by atoms with Crippen molar-refractivity contribution in [1.82, 2.24) is 14.7 Å². The zero-order chi connectivity index (χ0) is 14.6. The van der Waals surface area contributed by atoms with Crippen LogP contribution < -0.4 is 5.32 Å². The standard InChI is InChI=1S/C11H18N4O4/c1-11(2,7-16)14(3)10(19)13-8-4-12-15(5-8)6-9(17)18/h4-5,16H,6-7H2,1-3H3,(H,13,19)(H,17,18). The molecule has 1 heterocycles. The number of aliphatic hydroxyl groups excluding tert-OH is 1. The van der Waals surface area contributed by atoms with E-state index in [0.717, 1.165) is 0 Å². The molecule has 2 amide bonds. The van der Waals surface area contributed by atoms with Crippen LogP contribution in [0.15, 0.2) is 12.4 Å². The van der Waals surface area contributed by atoms with E-state index in [1.54, 1.807) is 20.9 Å². The lowest BCUT2D eigenvalue weighted by Crippen LogP contribution is -2.49. The highest BCUT2D eigenvalue weighted by Gasteiger charge is 2.26. The van der Waals surface area contributed by atoms with E-state index in [1.165, 1.54) is 22.0 Å². The normalized spacial score (nSPS) is 11.2. The Morgan fingerprint density at radius 3 is 2.68 bits per heavy atom. The van der Waals surface area contributed by atoms with Crippen LogP contribution in [-0.4, -0.2) is 56.1 Å². The van der Waals surface area contributed by atoms with Crippen molar-refractivity contribution in [2.24, 2.45) is 0 Å². The summed E-state index contributed by atoms with van der Waals surface area (Å²) < 4.78 is 1.20. The molecule has 19 heavy (non-hydrogen) atoms. The Balaban J connectivity index is 2.67. The number of hydrogen-bond acceptors (Lipinski definition) is 4. The second-order valence-corrected chi connectivity index (χ2v) is 4.78. The third kappa shape index (κ3) is 3.95. The van der Waals surface area contributed by atoms with Crippen molar-refractivity contribution < 1.29 is 19.8 Å². The van der Waals surface area contributed by atoms with Crippen molar-refractivity contribution in [1.29, 1.82) is 0 Å². The molecule has 0 bridgehead atoms. The average molecular weight is 270 g/mol. The SMILES string of the molecule is CN(C(=O)Nc1cnn(CC(=O)O)c1)C(C)(C)CO. The molecule has 0 aliphatic carbocycles. The molecule has 106 valence electrons. The van der Waals surface area contributed by atoms with E-state index in [1.807, 2.05) is 0 Å². The van der Waals surface area contributed by atoms with Gasteiger partial charge in [-0.2, -0.15) is 5.10 Å². The summed E-state index contributed by atoms with van der Waals surface area (Å²) in [5, 5.41) is 24.2. The van der Waals surface area contributed by atoms with E-state index in [9.17, 15) is 14.7 Å². The van der Waals surface area contributed by atoms with Gasteiger partial charge in [0.2, 0.25) is 0 Å². The topological polar surface area (TPSA) is 108 Å². The average Bonchev–Trinajstić information content (AvgIpc) is 2.74. The number of aromatic nitrogens is 2. The number of carboxylic acids is 1. The van der Waals surface area contributed by atoms with E-state index >= 15 is 0 Å². The predicted molar refractivity (Wildman–Crippen MR) is 67.8 cm³/mol. The summed E-state index contributed by atoms with van der Waals surface area (Å²) in [5.41, 5.74) is -0.298. The van der Waals surface area contributed by atoms with Crippen LogP contribution in [0, 0.1) is 0 Å². The zero-order valence-electron chi connectivity index (χ0n) is 11.1. The Morgan fingerprint density at radius 2 is 2.16 bits per heavy atom. The molecule has 1 aromatic rings. The van der Waals surface area contributed by atoms with Gasteiger partial charge in [-0.25, -0.2) is 4.79 Å². The molecular formula is C11H18N4O4. The van der Waals surface area contributed by atoms with E-state index in [4.69, 9.17) is 5.11 Å². The molecule has 0 aromatic carbocycles. The van der Waals surface area contributed by atoms with E-state index < -0.39 is 17.5 Å². The van der Waals surface area contributed by atoms with Gasteiger partial charge in [0, 0.05) is 13.2 Å². The molecule has 8 heteroatoms. The third-order valence-corrected chi connectivity index (χ3v) is 2.78. The van der Waals surface area contributed by atoms with Crippen molar-refractivity contribution in [2.45, 2.75) is 25.9 Å². The molecule has 3 N–H and O–H groups in total. The van der Waals surface area contributed by atoms with Gasteiger partial charge in [0.15, 0.2) is 0 Å². The first-order valence-corrected chi connectivity index (χ1v) is 5.66. The summed E-state index contributed by atoms with van der Waals surface area (Å²) >= 11 is 0. The minimum absolute atomic E-state index is 0.171. The number of urea groups is 1. The Kier molecular flexibility index (Phi) is 4.49. The number of rotatable bonds is 5. The Bertz CT molecular complexity index is 469. The van der Waals surface area contributed by atoms with Gasteiger partial charge in [0.25, 0.3) is 0 Å². The smallest absolute Gasteiger partial charge is 0.325 e. The summed E-state index contributed by atoms with van der Waals surface area (Å²) in [6.45, 7) is 3.00. The second-order valence-electron chi connectivity index (χ2n) is 4.78. The molecule has 0 radical (unpaired) electrons. The molecule has 0 saturated heterocycles. The van der Waals surface area contributed by atoms with Crippen molar-refractivity contribution in [2.75, 3.05) is 19.0 Å². The van der Waals surface area contributed by atoms with Crippen molar-refractivity contribution >= 4 is 17.7 Å². The lowest BCUT2D eigenvalue weighted by atomic mass is 10.1. The molecule has 0 spiro atoms. The molecule has 1 aromatic heterocycles. The lowest BCUT2D eigenvalue weighted by Gasteiger charge is -2.33. The molecule has 8 nitrogen and oxygen atoms in total. The number of carbonyl (C=O) groups excluding carboxylic acids is 1. The van der Waals surface area contributed by atoms with Crippen molar-refractivity contribution in [3.63, 3.8) is 0 Å². The second kappa shape index (κ2) is 5.70. The molecule has 0 fully saturated rings. The molecule has 0 unspecified atom stereocenters. The molecule has 0 aliphatic heterocycles. The van der Waals surface area contributed by atoms with Crippen LogP contribution in [0.4, 0.5) is 10.5 Å². The van der Waals surface area contributed by atoms with Gasteiger partial charge < -0.3 is 20.4 Å². The largest absolute Gasteiger partial charge is 0.480 e. The summed E-state index contributed by atoms with van der Waals surface area (Å²) in [6.07, 6.45) is 2.78. The number of aliphatic carboxylic acids is 1. The first kappa shape index (κ1) is 15.0. The maximum absolute atomic E-state index is 11.9. The minimum atomic E-state index is -1.01. The fourth-order valence-corrected chi connectivity index (χ4v) is 1.24. The van der Waals surface area contributed by atoms with Crippen LogP contribution in [0.1, 0.15) is 13.8 Å². The minimum Gasteiger partial charge on any atom is -0.480 e. The number of aliphatic hydroxyl groups is 1. The lowest BCUT2D eigenvalue weighted by molar-refractivity contribution is -0.137. The highest BCUT2D eigenvalue weighted by Crippen LogP contribution is 2.13. The fraction of sp³-hybridized carbons (Fsp3) is 0.545. The van der Waals surface area contributed by atoms with Gasteiger partial charge in [-0.3, -0.25) is 9.48 Å². The number of anilines is 1. The number of carbonyl (C=O) groups is 2. The molecular weight excluding hydrogens is 252 g/mol. The number of nitrogens with one attached hydrogen (secondary N) is 1. The van der Waals surface area contributed by atoms with Crippen LogP contribution in [0.3, 0.4) is 0 Å². The summed E-state index contributed by atoms with van der Waals surface area (Å²) in [4.78, 5) is 23.8. The van der Waals surface area contributed by atoms with E-state index in [2.05, 4.69) is 10.4 Å². The Labute approximate surface area is 110 Å². The summed E-state index contributed by atoms with van der Waals surface area (Å²) in [6, 6.07) is -0.408. The quantitative estimate of drug-likeness (QED) is 0.708. The van der Waals surface area contributed by atoms with Gasteiger partial charge in [-0.15, -0.1) is 0 Å². The summed E-state index contributed by atoms with van der Waals surface area (Å²) in [7, 11) is 1.56. The molecule has 0 aliphatic rings. The van der Waals surface area contributed by atoms with Gasteiger partial charge in [-0.1, -0.05) is 0 Å². The molecule has 0 atom stereocenters. The Hall–Kier alpha value is -2.09. The first-order valence-electron chi connectivity index (χ1n) is 5.66. The number of amides is 2. The maximum Gasteiger partial charge on any atom is 0.325 e. The number of likely N-dealkylation sites (N-methyl/N-ethyl adjacent to an activating group) is 1. The zero-order valence-corrected chi connectivity index (χ0v) is 11.1. The molecule has 1 rings (SSSR count). The van der Waals surface area contributed by atoms with Crippen LogP contribution >= 0.6 is 0 Å². The van der Waals surface area contributed by atoms with Crippen molar-refractivity contribution in [3.8, 4) is 0 Å².